The van der Waals surface area contributed by atoms with Gasteiger partial charge in [-0.25, -0.2) is 0 Å². The predicted octanol–water partition coefficient (Wildman–Crippen LogP) is 5.08. The minimum atomic E-state index is 0.203. The lowest BCUT2D eigenvalue weighted by atomic mass is 9.70. The van der Waals surface area contributed by atoms with E-state index in [1.54, 1.807) is 6.07 Å². The van der Waals surface area contributed by atoms with E-state index in [1.807, 2.05) is 12.1 Å². The molecule has 1 atom stereocenters. The number of hydrogen-bond acceptors (Lipinski definition) is 1. The molecule has 1 aliphatic rings. The van der Waals surface area contributed by atoms with Crippen LogP contribution in [0.2, 0.25) is 10.0 Å². The van der Waals surface area contributed by atoms with Gasteiger partial charge in [0.15, 0.2) is 0 Å². The zero-order valence-corrected chi connectivity index (χ0v) is 13.3. The van der Waals surface area contributed by atoms with Crippen molar-refractivity contribution in [2.75, 3.05) is 0 Å². The van der Waals surface area contributed by atoms with Crippen molar-refractivity contribution >= 4 is 23.2 Å². The van der Waals surface area contributed by atoms with Crippen LogP contribution in [0.25, 0.3) is 0 Å². The first-order valence-corrected chi connectivity index (χ1v) is 7.82. The third-order valence-corrected chi connectivity index (χ3v) is 5.05. The molecule has 1 saturated carbocycles. The van der Waals surface area contributed by atoms with Crippen molar-refractivity contribution < 1.29 is 0 Å². The number of rotatable bonds is 3. The van der Waals surface area contributed by atoms with E-state index in [9.17, 15) is 0 Å². The Labute approximate surface area is 126 Å². The van der Waals surface area contributed by atoms with Gasteiger partial charge in [-0.15, -0.1) is 0 Å². The summed E-state index contributed by atoms with van der Waals surface area (Å²) in [5.41, 5.74) is 7.99. The SMILES string of the molecule is CC1(C)CCC(C(N)Cc2ccc(Cl)cc2Cl)CC1. The van der Waals surface area contributed by atoms with Gasteiger partial charge in [-0.1, -0.05) is 43.1 Å². The average molecular weight is 300 g/mol. The highest BCUT2D eigenvalue weighted by Crippen LogP contribution is 2.39. The Bertz CT molecular complexity index is 432. The predicted molar refractivity (Wildman–Crippen MR) is 83.9 cm³/mol. The smallest absolute Gasteiger partial charge is 0.0453 e. The average Bonchev–Trinajstić information content (AvgIpc) is 2.32. The molecule has 1 fully saturated rings. The molecule has 0 radical (unpaired) electrons. The molecular formula is C16H23Cl2N. The quantitative estimate of drug-likeness (QED) is 0.827. The summed E-state index contributed by atoms with van der Waals surface area (Å²) in [6.07, 6.45) is 5.87. The first-order chi connectivity index (χ1) is 8.87. The van der Waals surface area contributed by atoms with E-state index >= 15 is 0 Å². The van der Waals surface area contributed by atoms with Gasteiger partial charge in [-0.2, -0.15) is 0 Å². The number of halogens is 2. The molecule has 0 saturated heterocycles. The van der Waals surface area contributed by atoms with Crippen LogP contribution in [0.4, 0.5) is 0 Å². The standard InChI is InChI=1S/C16H23Cl2N/c1-16(2)7-5-11(6-8-16)15(19)9-12-3-4-13(17)10-14(12)18/h3-4,10-11,15H,5-9,19H2,1-2H3. The van der Waals surface area contributed by atoms with E-state index in [1.165, 1.54) is 25.7 Å². The van der Waals surface area contributed by atoms with Crippen LogP contribution in [0, 0.1) is 11.3 Å². The molecule has 106 valence electrons. The topological polar surface area (TPSA) is 26.0 Å². The van der Waals surface area contributed by atoms with Crippen molar-refractivity contribution in [2.45, 2.75) is 52.0 Å². The van der Waals surface area contributed by atoms with Gasteiger partial charge < -0.3 is 5.73 Å². The minimum Gasteiger partial charge on any atom is -0.327 e. The van der Waals surface area contributed by atoms with Crippen LogP contribution in [0.15, 0.2) is 18.2 Å². The Morgan fingerprint density at radius 3 is 2.47 bits per heavy atom. The van der Waals surface area contributed by atoms with Crippen LogP contribution in [-0.2, 0) is 6.42 Å². The van der Waals surface area contributed by atoms with Crippen LogP contribution in [0.3, 0.4) is 0 Å². The summed E-state index contributed by atoms with van der Waals surface area (Å²) >= 11 is 12.1. The van der Waals surface area contributed by atoms with Crippen molar-refractivity contribution in [3.63, 3.8) is 0 Å². The van der Waals surface area contributed by atoms with Crippen LogP contribution in [0.5, 0.6) is 0 Å². The Balaban J connectivity index is 1.96. The van der Waals surface area contributed by atoms with Gasteiger partial charge in [0, 0.05) is 16.1 Å². The number of hydrogen-bond donors (Lipinski definition) is 1. The highest BCUT2D eigenvalue weighted by Gasteiger charge is 2.30. The molecule has 0 amide bonds. The van der Waals surface area contributed by atoms with Gasteiger partial charge in [0.25, 0.3) is 0 Å². The van der Waals surface area contributed by atoms with E-state index < -0.39 is 0 Å². The highest BCUT2D eigenvalue weighted by atomic mass is 35.5. The second-order valence-electron chi connectivity index (χ2n) is 6.61. The Hall–Kier alpha value is -0.240. The van der Waals surface area contributed by atoms with Crippen LogP contribution >= 0.6 is 23.2 Å². The molecule has 0 spiro atoms. The summed E-state index contributed by atoms with van der Waals surface area (Å²) in [6, 6.07) is 5.89. The number of nitrogens with two attached hydrogens (primary N) is 1. The largest absolute Gasteiger partial charge is 0.327 e. The van der Waals surface area contributed by atoms with E-state index in [4.69, 9.17) is 28.9 Å². The second kappa shape index (κ2) is 6.03. The van der Waals surface area contributed by atoms with Gasteiger partial charge in [0.05, 0.1) is 0 Å². The van der Waals surface area contributed by atoms with Gasteiger partial charge >= 0.3 is 0 Å². The normalized spacial score (nSPS) is 21.3. The Morgan fingerprint density at radius 2 is 1.89 bits per heavy atom. The van der Waals surface area contributed by atoms with E-state index in [0.29, 0.717) is 16.4 Å². The molecule has 0 heterocycles. The van der Waals surface area contributed by atoms with Gasteiger partial charge in [0.2, 0.25) is 0 Å². The molecule has 1 unspecified atom stereocenters. The van der Waals surface area contributed by atoms with Crippen LogP contribution in [-0.4, -0.2) is 6.04 Å². The maximum Gasteiger partial charge on any atom is 0.0453 e. The molecule has 0 aliphatic heterocycles. The summed E-state index contributed by atoms with van der Waals surface area (Å²) in [5, 5.41) is 1.42. The molecule has 1 aromatic rings. The monoisotopic (exact) mass is 299 g/mol. The van der Waals surface area contributed by atoms with Gasteiger partial charge in [-0.05, 0) is 61.1 Å². The first kappa shape index (κ1) is 15.2. The van der Waals surface area contributed by atoms with Crippen molar-refractivity contribution in [1.29, 1.82) is 0 Å². The minimum absolute atomic E-state index is 0.203. The lowest BCUT2D eigenvalue weighted by Crippen LogP contribution is -2.36. The summed E-state index contributed by atoms with van der Waals surface area (Å²) < 4.78 is 0. The van der Waals surface area contributed by atoms with E-state index in [-0.39, 0.29) is 6.04 Å². The maximum absolute atomic E-state index is 6.38. The van der Waals surface area contributed by atoms with E-state index in [0.717, 1.165) is 17.0 Å². The Morgan fingerprint density at radius 1 is 1.26 bits per heavy atom. The molecular weight excluding hydrogens is 277 g/mol. The number of benzene rings is 1. The highest BCUT2D eigenvalue weighted by molar-refractivity contribution is 6.35. The third kappa shape index (κ3) is 4.11. The van der Waals surface area contributed by atoms with Crippen molar-refractivity contribution in [1.82, 2.24) is 0 Å². The molecule has 0 bridgehead atoms. The maximum atomic E-state index is 6.38. The van der Waals surface area contributed by atoms with Crippen LogP contribution in [0.1, 0.15) is 45.1 Å². The lowest BCUT2D eigenvalue weighted by Gasteiger charge is -2.37. The third-order valence-electron chi connectivity index (χ3n) is 4.46. The molecule has 19 heavy (non-hydrogen) atoms. The molecule has 1 aromatic carbocycles. The fourth-order valence-corrected chi connectivity index (χ4v) is 3.44. The molecule has 1 nitrogen and oxygen atoms in total. The van der Waals surface area contributed by atoms with Gasteiger partial charge in [0.1, 0.15) is 0 Å². The molecule has 3 heteroatoms. The van der Waals surface area contributed by atoms with Crippen molar-refractivity contribution in [2.24, 2.45) is 17.1 Å². The molecule has 2 N–H and O–H groups in total. The zero-order valence-electron chi connectivity index (χ0n) is 11.8. The second-order valence-corrected chi connectivity index (χ2v) is 7.45. The summed E-state index contributed by atoms with van der Waals surface area (Å²) in [5.74, 6) is 0.625. The van der Waals surface area contributed by atoms with Crippen molar-refractivity contribution in [3.8, 4) is 0 Å². The zero-order chi connectivity index (χ0) is 14.0. The Kier molecular flexibility index (Phi) is 4.81. The summed E-state index contributed by atoms with van der Waals surface area (Å²) in [4.78, 5) is 0. The molecule has 0 aromatic heterocycles. The molecule has 1 aliphatic carbocycles. The fourth-order valence-electron chi connectivity index (χ4n) is 2.96. The summed E-state index contributed by atoms with van der Waals surface area (Å²) in [6.45, 7) is 4.70. The van der Waals surface area contributed by atoms with E-state index in [2.05, 4.69) is 13.8 Å². The van der Waals surface area contributed by atoms with Gasteiger partial charge in [-0.3, -0.25) is 0 Å². The summed E-state index contributed by atoms with van der Waals surface area (Å²) in [7, 11) is 0. The fraction of sp³-hybridized carbons (Fsp3) is 0.625. The first-order valence-electron chi connectivity index (χ1n) is 7.07. The van der Waals surface area contributed by atoms with Crippen molar-refractivity contribution in [3.05, 3.63) is 33.8 Å². The van der Waals surface area contributed by atoms with Crippen LogP contribution < -0.4 is 5.73 Å². The molecule has 2 rings (SSSR count). The lowest BCUT2D eigenvalue weighted by molar-refractivity contribution is 0.173.